The second kappa shape index (κ2) is 10.1. The van der Waals surface area contributed by atoms with Crippen LogP contribution >= 0.6 is 12.2 Å². The summed E-state index contributed by atoms with van der Waals surface area (Å²) in [6.45, 7) is 7.90. The topological polar surface area (TPSA) is 44.4 Å². The van der Waals surface area contributed by atoms with Gasteiger partial charge in [0.1, 0.15) is 0 Å². The highest BCUT2D eigenvalue weighted by molar-refractivity contribution is 7.80. The maximum Gasteiger partial charge on any atom is 0.250 e. The third-order valence-corrected chi connectivity index (χ3v) is 3.32. The second-order valence-electron chi connectivity index (χ2n) is 4.52. The molecule has 0 atom stereocenters. The Balaban J connectivity index is 2.28. The Morgan fingerprint density at radius 1 is 1.24 bits per heavy atom. The highest BCUT2D eigenvalue weighted by atomic mass is 32.1. The van der Waals surface area contributed by atoms with Crippen LogP contribution in [0.2, 0.25) is 0 Å². The first kappa shape index (κ1) is 17.3. The fourth-order valence-electron chi connectivity index (χ4n) is 1.80. The molecule has 0 fully saturated rings. The first-order valence-corrected chi connectivity index (χ1v) is 7.60. The van der Waals surface area contributed by atoms with Gasteiger partial charge in [-0.25, -0.2) is 0 Å². The number of nitrogens with one attached hydrogen (secondary N) is 2. The molecule has 1 rings (SSSR count). The molecule has 5 heteroatoms. The molecule has 114 valence electrons. The van der Waals surface area contributed by atoms with Crippen molar-refractivity contribution in [3.8, 4) is 0 Å². The smallest absolute Gasteiger partial charge is 0.250 e. The molecule has 0 bridgehead atoms. The Bertz CT molecular complexity index is 470. The van der Waals surface area contributed by atoms with Gasteiger partial charge in [0.25, 0.3) is 0 Å². The number of amides is 1. The van der Waals surface area contributed by atoms with Crippen molar-refractivity contribution >= 4 is 29.3 Å². The van der Waals surface area contributed by atoms with E-state index in [2.05, 4.69) is 29.4 Å². The van der Waals surface area contributed by atoms with E-state index in [0.29, 0.717) is 5.11 Å². The molecule has 0 aliphatic heterocycles. The van der Waals surface area contributed by atoms with Crippen molar-refractivity contribution in [2.24, 2.45) is 0 Å². The predicted octanol–water partition coefficient (Wildman–Crippen LogP) is 2.03. The maximum atomic E-state index is 11.7. The molecular weight excluding hydrogens is 282 g/mol. The van der Waals surface area contributed by atoms with Gasteiger partial charge in [-0.05, 0) is 36.9 Å². The summed E-state index contributed by atoms with van der Waals surface area (Å²) >= 11 is 5.09. The standard InChI is InChI=1S/C16H23N3OS/c1-3-19(4-2)13-12-17-16(21)18-15(20)11-10-14-8-6-5-7-9-14/h5-11H,3-4,12-13H2,1-2H3,(H2,17,18,20,21)/b11-10+. The molecule has 0 spiro atoms. The van der Waals surface area contributed by atoms with Gasteiger partial charge in [-0.3, -0.25) is 10.1 Å². The molecule has 0 saturated heterocycles. The minimum absolute atomic E-state index is 0.223. The van der Waals surface area contributed by atoms with Gasteiger partial charge in [-0.15, -0.1) is 0 Å². The van der Waals surface area contributed by atoms with Crippen molar-refractivity contribution in [1.82, 2.24) is 15.5 Å². The summed E-state index contributed by atoms with van der Waals surface area (Å²) in [5.74, 6) is -0.223. The zero-order valence-electron chi connectivity index (χ0n) is 12.6. The molecule has 1 aromatic carbocycles. The fraction of sp³-hybridized carbons (Fsp3) is 0.375. The first-order valence-electron chi connectivity index (χ1n) is 7.20. The SMILES string of the molecule is CCN(CC)CCNC(=S)NC(=O)/C=C/c1ccccc1. The Morgan fingerprint density at radius 3 is 2.52 bits per heavy atom. The van der Waals surface area contributed by atoms with Crippen molar-refractivity contribution in [1.29, 1.82) is 0 Å². The van der Waals surface area contributed by atoms with Gasteiger partial charge in [-0.2, -0.15) is 0 Å². The number of benzene rings is 1. The van der Waals surface area contributed by atoms with Crippen LogP contribution in [0.15, 0.2) is 36.4 Å². The van der Waals surface area contributed by atoms with Crippen LogP contribution < -0.4 is 10.6 Å². The van der Waals surface area contributed by atoms with Crippen molar-refractivity contribution in [3.63, 3.8) is 0 Å². The number of carbonyl (C=O) groups excluding carboxylic acids is 1. The number of likely N-dealkylation sites (N-methyl/N-ethyl adjacent to an activating group) is 1. The van der Waals surface area contributed by atoms with Gasteiger partial charge >= 0.3 is 0 Å². The summed E-state index contributed by atoms with van der Waals surface area (Å²) in [6.07, 6.45) is 3.24. The lowest BCUT2D eigenvalue weighted by Gasteiger charge is -2.18. The third-order valence-electron chi connectivity index (χ3n) is 3.07. The molecule has 0 heterocycles. The van der Waals surface area contributed by atoms with Crippen LogP contribution in [-0.4, -0.2) is 42.1 Å². The Hall–Kier alpha value is -1.72. The van der Waals surface area contributed by atoms with Crippen molar-refractivity contribution < 1.29 is 4.79 Å². The lowest BCUT2D eigenvalue weighted by Crippen LogP contribution is -2.42. The van der Waals surface area contributed by atoms with Crippen LogP contribution in [0.25, 0.3) is 6.08 Å². The number of thiocarbonyl (C=S) groups is 1. The van der Waals surface area contributed by atoms with E-state index in [1.165, 1.54) is 6.08 Å². The van der Waals surface area contributed by atoms with Crippen LogP contribution in [-0.2, 0) is 4.79 Å². The molecule has 4 nitrogen and oxygen atoms in total. The second-order valence-corrected chi connectivity index (χ2v) is 4.92. The minimum Gasteiger partial charge on any atom is -0.361 e. The van der Waals surface area contributed by atoms with E-state index in [0.717, 1.165) is 31.7 Å². The van der Waals surface area contributed by atoms with Crippen molar-refractivity contribution in [3.05, 3.63) is 42.0 Å². The van der Waals surface area contributed by atoms with E-state index < -0.39 is 0 Å². The van der Waals surface area contributed by atoms with Gasteiger partial charge in [0.05, 0.1) is 0 Å². The monoisotopic (exact) mass is 305 g/mol. The van der Waals surface area contributed by atoms with E-state index in [-0.39, 0.29) is 5.91 Å². The van der Waals surface area contributed by atoms with E-state index >= 15 is 0 Å². The molecule has 1 amide bonds. The Morgan fingerprint density at radius 2 is 1.90 bits per heavy atom. The molecule has 0 radical (unpaired) electrons. The molecule has 1 aromatic rings. The summed E-state index contributed by atoms with van der Waals surface area (Å²) < 4.78 is 0. The van der Waals surface area contributed by atoms with Crippen molar-refractivity contribution in [2.45, 2.75) is 13.8 Å². The molecule has 21 heavy (non-hydrogen) atoms. The molecule has 0 aromatic heterocycles. The van der Waals surface area contributed by atoms with Crippen LogP contribution in [0.1, 0.15) is 19.4 Å². The lowest BCUT2D eigenvalue weighted by atomic mass is 10.2. The first-order chi connectivity index (χ1) is 10.2. The van der Waals surface area contributed by atoms with Gasteiger partial charge in [0.2, 0.25) is 5.91 Å². The highest BCUT2D eigenvalue weighted by Crippen LogP contribution is 2.00. The Labute approximate surface area is 132 Å². The van der Waals surface area contributed by atoms with Crippen LogP contribution in [0.3, 0.4) is 0 Å². The van der Waals surface area contributed by atoms with E-state index in [1.54, 1.807) is 6.08 Å². The highest BCUT2D eigenvalue weighted by Gasteiger charge is 2.02. The number of nitrogens with zero attached hydrogens (tertiary/aromatic N) is 1. The third kappa shape index (κ3) is 7.58. The fourth-order valence-corrected chi connectivity index (χ4v) is 2.00. The molecule has 0 aliphatic carbocycles. The summed E-state index contributed by atoms with van der Waals surface area (Å²) in [4.78, 5) is 14.0. The van der Waals surface area contributed by atoms with Gasteiger partial charge in [0, 0.05) is 19.2 Å². The maximum absolute atomic E-state index is 11.7. The van der Waals surface area contributed by atoms with E-state index in [1.807, 2.05) is 30.3 Å². The average molecular weight is 305 g/mol. The largest absolute Gasteiger partial charge is 0.361 e. The van der Waals surface area contributed by atoms with Crippen LogP contribution in [0.5, 0.6) is 0 Å². The quantitative estimate of drug-likeness (QED) is 0.598. The predicted molar refractivity (Wildman–Crippen MR) is 92.0 cm³/mol. The molecule has 0 aliphatic rings. The van der Waals surface area contributed by atoms with Crippen LogP contribution in [0.4, 0.5) is 0 Å². The molecular formula is C16H23N3OS. The van der Waals surface area contributed by atoms with Gasteiger partial charge < -0.3 is 10.2 Å². The summed E-state index contributed by atoms with van der Waals surface area (Å²) in [5, 5.41) is 6.04. The van der Waals surface area contributed by atoms with E-state index in [9.17, 15) is 4.79 Å². The normalized spacial score (nSPS) is 10.8. The number of carbonyl (C=O) groups is 1. The minimum atomic E-state index is -0.223. The zero-order chi connectivity index (χ0) is 15.5. The summed E-state index contributed by atoms with van der Waals surface area (Å²) in [7, 11) is 0. The number of rotatable bonds is 7. The number of hydrogen-bond acceptors (Lipinski definition) is 3. The molecule has 0 saturated carbocycles. The Kier molecular flexibility index (Phi) is 8.31. The van der Waals surface area contributed by atoms with Crippen LogP contribution in [0, 0.1) is 0 Å². The van der Waals surface area contributed by atoms with Gasteiger partial charge in [0.15, 0.2) is 5.11 Å². The zero-order valence-corrected chi connectivity index (χ0v) is 13.5. The summed E-state index contributed by atoms with van der Waals surface area (Å²) in [6, 6.07) is 9.66. The van der Waals surface area contributed by atoms with Gasteiger partial charge in [-0.1, -0.05) is 44.2 Å². The van der Waals surface area contributed by atoms with E-state index in [4.69, 9.17) is 12.2 Å². The average Bonchev–Trinajstić information content (AvgIpc) is 2.50. The number of hydrogen-bond donors (Lipinski definition) is 2. The van der Waals surface area contributed by atoms with Crippen molar-refractivity contribution in [2.75, 3.05) is 26.2 Å². The molecule has 0 unspecified atom stereocenters. The summed E-state index contributed by atoms with van der Waals surface area (Å²) in [5.41, 5.74) is 0.980. The lowest BCUT2D eigenvalue weighted by molar-refractivity contribution is -0.115. The molecule has 2 N–H and O–H groups in total.